The van der Waals surface area contributed by atoms with Crippen LogP contribution in [0.1, 0.15) is 12.5 Å². The van der Waals surface area contributed by atoms with E-state index in [0.717, 1.165) is 0 Å². The monoisotopic (exact) mass is 452 g/mol. The summed E-state index contributed by atoms with van der Waals surface area (Å²) < 4.78 is 27.0. The first-order valence-corrected chi connectivity index (χ1v) is 10.3. The molecule has 33 heavy (non-hydrogen) atoms. The second-order valence-electron chi connectivity index (χ2n) is 8.30. The predicted molar refractivity (Wildman–Crippen MR) is 109 cm³/mol. The van der Waals surface area contributed by atoms with Crippen molar-refractivity contribution < 1.29 is 28.0 Å². The summed E-state index contributed by atoms with van der Waals surface area (Å²) in [6.45, 7) is 2.24. The Kier molecular flexibility index (Phi) is 4.06. The Labute approximate surface area is 185 Å². The summed E-state index contributed by atoms with van der Waals surface area (Å²) in [5.74, 6) is -2.12. The van der Waals surface area contributed by atoms with Gasteiger partial charge in [-0.1, -0.05) is 5.16 Å². The van der Waals surface area contributed by atoms with E-state index in [1.54, 1.807) is 24.0 Å². The van der Waals surface area contributed by atoms with Gasteiger partial charge in [0.2, 0.25) is 17.4 Å². The molecule has 1 aromatic carbocycles. The van der Waals surface area contributed by atoms with E-state index in [1.807, 2.05) is 0 Å². The molecule has 3 aliphatic rings. The fourth-order valence-electron chi connectivity index (χ4n) is 5.28. The zero-order valence-corrected chi connectivity index (χ0v) is 17.3. The van der Waals surface area contributed by atoms with E-state index in [-0.39, 0.29) is 30.8 Å². The Morgan fingerprint density at radius 3 is 2.76 bits per heavy atom. The third kappa shape index (κ3) is 2.58. The van der Waals surface area contributed by atoms with Crippen LogP contribution in [0.25, 0.3) is 22.4 Å². The molecule has 2 N–H and O–H groups in total. The molecule has 5 heterocycles. The van der Waals surface area contributed by atoms with E-state index >= 15 is 4.39 Å². The topological polar surface area (TPSA) is 140 Å². The van der Waals surface area contributed by atoms with Crippen molar-refractivity contribution >= 4 is 34.5 Å². The maximum Gasteiger partial charge on any atom is 0.328 e. The van der Waals surface area contributed by atoms with E-state index in [0.29, 0.717) is 22.3 Å². The standard InChI is InChI=1S/C21H17FN6O5/c1-9-17-21(18(29)25-20(31)26-19(21)30)7-10-6-11-14(12-2-3-23-8-24-12)27-33-16(11)13(22)15(10)28(17)4-5-32-9/h2-3,6,8-9,17H,4-5,7H2,1H3,(H2,25,26,29,30,31)/t9-,17+/m0/s1. The Morgan fingerprint density at radius 1 is 1.24 bits per heavy atom. The van der Waals surface area contributed by atoms with Crippen molar-refractivity contribution in [1.82, 2.24) is 25.8 Å². The smallest absolute Gasteiger partial charge is 0.328 e. The number of aromatic nitrogens is 3. The van der Waals surface area contributed by atoms with Crippen LogP contribution < -0.4 is 15.5 Å². The van der Waals surface area contributed by atoms with Crippen LogP contribution in [0.5, 0.6) is 0 Å². The molecule has 3 aliphatic heterocycles. The number of hydrogen-bond donors (Lipinski definition) is 2. The molecule has 4 amide bonds. The molecule has 0 saturated carbocycles. The van der Waals surface area contributed by atoms with E-state index in [9.17, 15) is 14.4 Å². The number of imide groups is 2. The van der Waals surface area contributed by atoms with Gasteiger partial charge in [-0.3, -0.25) is 20.2 Å². The largest absolute Gasteiger partial charge is 0.374 e. The molecule has 0 bridgehead atoms. The highest BCUT2D eigenvalue weighted by atomic mass is 19.1. The number of amides is 4. The lowest BCUT2D eigenvalue weighted by atomic mass is 9.66. The summed E-state index contributed by atoms with van der Waals surface area (Å²) in [5.41, 5.74) is -0.338. The summed E-state index contributed by atoms with van der Waals surface area (Å²) in [5, 5.41) is 8.77. The van der Waals surface area contributed by atoms with Gasteiger partial charge in [0.25, 0.3) is 0 Å². The molecule has 11 nitrogen and oxygen atoms in total. The second-order valence-corrected chi connectivity index (χ2v) is 8.30. The van der Waals surface area contributed by atoms with Crippen LogP contribution in [0.2, 0.25) is 0 Å². The molecule has 3 aromatic rings. The average molecular weight is 452 g/mol. The number of carbonyl (C=O) groups is 3. The summed E-state index contributed by atoms with van der Waals surface area (Å²) in [4.78, 5) is 47.8. The maximum atomic E-state index is 15.9. The summed E-state index contributed by atoms with van der Waals surface area (Å²) in [6, 6.07) is 1.56. The zero-order valence-electron chi connectivity index (χ0n) is 17.3. The summed E-state index contributed by atoms with van der Waals surface area (Å²) >= 11 is 0. The predicted octanol–water partition coefficient (Wildman–Crippen LogP) is 0.926. The van der Waals surface area contributed by atoms with Crippen LogP contribution in [0.3, 0.4) is 0 Å². The third-order valence-electron chi connectivity index (χ3n) is 6.60. The summed E-state index contributed by atoms with van der Waals surface area (Å²) in [6.07, 6.45) is 2.15. The third-order valence-corrected chi connectivity index (χ3v) is 6.60. The number of rotatable bonds is 1. The van der Waals surface area contributed by atoms with Gasteiger partial charge in [0.15, 0.2) is 11.2 Å². The summed E-state index contributed by atoms with van der Waals surface area (Å²) in [7, 11) is 0. The number of anilines is 1. The quantitative estimate of drug-likeness (QED) is 0.516. The van der Waals surface area contributed by atoms with Gasteiger partial charge in [-0.25, -0.2) is 19.2 Å². The van der Waals surface area contributed by atoms with Crippen LogP contribution in [0.4, 0.5) is 14.9 Å². The van der Waals surface area contributed by atoms with E-state index < -0.39 is 41.2 Å². The van der Waals surface area contributed by atoms with Gasteiger partial charge in [-0.05, 0) is 24.6 Å². The molecule has 2 atom stereocenters. The first kappa shape index (κ1) is 19.7. The molecule has 1 spiro atoms. The number of nitrogens with zero attached hydrogens (tertiary/aromatic N) is 4. The van der Waals surface area contributed by atoms with Gasteiger partial charge in [0, 0.05) is 19.2 Å². The van der Waals surface area contributed by atoms with Gasteiger partial charge >= 0.3 is 6.03 Å². The Morgan fingerprint density at radius 2 is 2.03 bits per heavy atom. The van der Waals surface area contributed by atoms with E-state index in [1.165, 1.54) is 12.5 Å². The molecular formula is C21H17FN6O5. The first-order chi connectivity index (χ1) is 15.9. The number of fused-ring (bicyclic) bond motifs is 5. The molecule has 12 heteroatoms. The van der Waals surface area contributed by atoms with Gasteiger partial charge < -0.3 is 14.2 Å². The fraction of sp³-hybridized carbons (Fsp3) is 0.333. The number of morpholine rings is 1. The minimum Gasteiger partial charge on any atom is -0.374 e. The van der Waals surface area contributed by atoms with Crippen molar-refractivity contribution in [2.45, 2.75) is 25.5 Å². The van der Waals surface area contributed by atoms with Crippen molar-refractivity contribution in [3.05, 3.63) is 36.0 Å². The number of hydrogen-bond acceptors (Lipinski definition) is 9. The number of halogens is 1. The first-order valence-electron chi connectivity index (χ1n) is 10.3. The zero-order chi connectivity index (χ0) is 22.9. The molecule has 0 radical (unpaired) electrons. The van der Waals surface area contributed by atoms with Crippen LogP contribution >= 0.6 is 0 Å². The molecule has 168 valence electrons. The van der Waals surface area contributed by atoms with Crippen LogP contribution in [-0.2, 0) is 20.7 Å². The Bertz CT molecular complexity index is 1320. The SMILES string of the molecule is C[C@@H]1OCCN2c3c(cc4c(-c5ccncn5)noc4c3F)CC3(C(=O)NC(=O)NC3=O)[C@@H]12. The number of benzene rings is 1. The number of barbiturate groups is 1. The lowest BCUT2D eigenvalue weighted by Crippen LogP contribution is -2.74. The highest BCUT2D eigenvalue weighted by Gasteiger charge is 2.62. The lowest BCUT2D eigenvalue weighted by molar-refractivity contribution is -0.151. The molecule has 2 saturated heterocycles. The highest BCUT2D eigenvalue weighted by molar-refractivity contribution is 6.20. The highest BCUT2D eigenvalue weighted by Crippen LogP contribution is 2.49. The van der Waals surface area contributed by atoms with Gasteiger partial charge in [-0.2, -0.15) is 0 Å². The molecule has 2 fully saturated rings. The molecular weight excluding hydrogens is 435 g/mol. The number of nitrogens with one attached hydrogen (secondary N) is 2. The Balaban J connectivity index is 1.60. The molecule has 2 aromatic heterocycles. The van der Waals surface area contributed by atoms with Gasteiger partial charge in [0.1, 0.15) is 12.0 Å². The number of carbonyl (C=O) groups excluding carboxylic acids is 3. The van der Waals surface area contributed by atoms with E-state index in [2.05, 4.69) is 25.8 Å². The Hall–Kier alpha value is -3.93. The van der Waals surface area contributed by atoms with E-state index in [4.69, 9.17) is 9.26 Å². The van der Waals surface area contributed by atoms with Crippen molar-refractivity contribution in [3.63, 3.8) is 0 Å². The van der Waals surface area contributed by atoms with Crippen molar-refractivity contribution in [2.75, 3.05) is 18.1 Å². The molecule has 0 unspecified atom stereocenters. The average Bonchev–Trinajstić information content (AvgIpc) is 3.22. The fourth-order valence-corrected chi connectivity index (χ4v) is 5.28. The van der Waals surface area contributed by atoms with Gasteiger partial charge in [0.05, 0.1) is 35.5 Å². The minimum atomic E-state index is -1.69. The molecule has 0 aliphatic carbocycles. The van der Waals surface area contributed by atoms with Gasteiger partial charge in [-0.15, -0.1) is 0 Å². The minimum absolute atomic E-state index is 0.0519. The second kappa shape index (κ2) is 6.78. The van der Waals surface area contributed by atoms with Crippen molar-refractivity contribution in [3.8, 4) is 11.4 Å². The maximum absolute atomic E-state index is 15.9. The number of urea groups is 1. The van der Waals surface area contributed by atoms with Crippen LogP contribution in [0.15, 0.2) is 29.2 Å². The molecule has 6 rings (SSSR count). The van der Waals surface area contributed by atoms with Crippen molar-refractivity contribution in [1.29, 1.82) is 0 Å². The number of ether oxygens (including phenoxy) is 1. The van der Waals surface area contributed by atoms with Crippen molar-refractivity contribution in [2.24, 2.45) is 5.41 Å². The lowest BCUT2D eigenvalue weighted by Gasteiger charge is -2.54. The van der Waals surface area contributed by atoms with Crippen LogP contribution in [0, 0.1) is 11.2 Å². The van der Waals surface area contributed by atoms with Crippen LogP contribution in [-0.4, -0.2) is 58.3 Å². The normalized spacial score (nSPS) is 23.8.